The zero-order valence-corrected chi connectivity index (χ0v) is 8.03. The highest BCUT2D eigenvalue weighted by Crippen LogP contribution is 2.50. The summed E-state index contributed by atoms with van der Waals surface area (Å²) in [5.41, 5.74) is 0.682. The van der Waals surface area contributed by atoms with Crippen LogP contribution in [0.4, 0.5) is 0 Å². The van der Waals surface area contributed by atoms with E-state index in [2.05, 4.69) is 0 Å². The third-order valence-corrected chi connectivity index (χ3v) is 2.73. The van der Waals surface area contributed by atoms with Crippen LogP contribution in [-0.2, 0) is 4.79 Å². The van der Waals surface area contributed by atoms with Crippen LogP contribution in [-0.4, -0.2) is 16.2 Å². The molecule has 0 saturated heterocycles. The lowest BCUT2D eigenvalue weighted by Crippen LogP contribution is -1.98. The second-order valence-electron chi connectivity index (χ2n) is 3.49. The van der Waals surface area contributed by atoms with Crippen molar-refractivity contribution in [3.05, 3.63) is 28.8 Å². The highest BCUT2D eigenvalue weighted by atomic mass is 35.5. The number of benzene rings is 1. The third-order valence-electron chi connectivity index (χ3n) is 2.50. The minimum atomic E-state index is -0.802. The average Bonchev–Trinajstić information content (AvgIpc) is 2.83. The van der Waals surface area contributed by atoms with Crippen LogP contribution in [0.25, 0.3) is 0 Å². The molecular weight excluding hydrogens is 204 g/mol. The maximum atomic E-state index is 10.6. The van der Waals surface area contributed by atoms with Gasteiger partial charge in [-0.3, -0.25) is 4.79 Å². The molecule has 0 bridgehead atoms. The fraction of sp³-hybridized carbons (Fsp3) is 0.300. The number of halogens is 1. The molecule has 1 aliphatic rings. The predicted molar refractivity (Wildman–Crippen MR) is 51.6 cm³/mol. The Hall–Kier alpha value is -1.22. The van der Waals surface area contributed by atoms with Gasteiger partial charge in [0.25, 0.3) is 0 Å². The van der Waals surface area contributed by atoms with Crippen LogP contribution in [0.15, 0.2) is 18.2 Å². The van der Waals surface area contributed by atoms with Crippen molar-refractivity contribution >= 4 is 17.6 Å². The van der Waals surface area contributed by atoms with Gasteiger partial charge < -0.3 is 10.2 Å². The van der Waals surface area contributed by atoms with Gasteiger partial charge in [0.1, 0.15) is 5.75 Å². The maximum absolute atomic E-state index is 10.6. The summed E-state index contributed by atoms with van der Waals surface area (Å²) in [7, 11) is 0. The zero-order chi connectivity index (χ0) is 10.3. The topological polar surface area (TPSA) is 57.5 Å². The standard InChI is InChI=1S/C10H9ClO3/c11-5-1-2-6(9(12)3-5)7-4-8(7)10(13)14/h1-3,7-8,12H,4H2,(H,13,14)/t7-,8+/m0/s1. The number of carboxylic acids is 1. The number of aliphatic carboxylic acids is 1. The third kappa shape index (κ3) is 1.55. The van der Waals surface area contributed by atoms with Crippen molar-refractivity contribution in [1.82, 2.24) is 0 Å². The summed E-state index contributed by atoms with van der Waals surface area (Å²) < 4.78 is 0. The van der Waals surface area contributed by atoms with Gasteiger partial charge in [-0.05, 0) is 24.1 Å². The molecule has 0 aromatic heterocycles. The van der Waals surface area contributed by atoms with E-state index in [-0.39, 0.29) is 17.6 Å². The summed E-state index contributed by atoms with van der Waals surface area (Å²) >= 11 is 5.66. The summed E-state index contributed by atoms with van der Waals surface area (Å²) in [5.74, 6) is -1.11. The molecule has 0 unspecified atom stereocenters. The Kier molecular flexibility index (Phi) is 2.11. The molecule has 2 N–H and O–H groups in total. The van der Waals surface area contributed by atoms with E-state index in [9.17, 15) is 9.90 Å². The van der Waals surface area contributed by atoms with Crippen molar-refractivity contribution in [3.8, 4) is 5.75 Å². The summed E-state index contributed by atoms with van der Waals surface area (Å²) in [6.45, 7) is 0. The number of phenolic OH excluding ortho intramolecular Hbond substituents is 1. The summed E-state index contributed by atoms with van der Waals surface area (Å²) in [5, 5.41) is 18.7. The first-order valence-corrected chi connectivity index (χ1v) is 4.68. The minimum absolute atomic E-state index is 0.0511. The maximum Gasteiger partial charge on any atom is 0.307 e. The van der Waals surface area contributed by atoms with E-state index in [4.69, 9.17) is 16.7 Å². The molecule has 3 nitrogen and oxygen atoms in total. The van der Waals surface area contributed by atoms with Crippen molar-refractivity contribution in [2.75, 3.05) is 0 Å². The number of hydrogen-bond donors (Lipinski definition) is 2. The van der Waals surface area contributed by atoms with Gasteiger partial charge in [0.05, 0.1) is 5.92 Å². The van der Waals surface area contributed by atoms with Gasteiger partial charge in [0, 0.05) is 10.9 Å². The molecule has 1 aliphatic carbocycles. The van der Waals surface area contributed by atoms with Crippen LogP contribution < -0.4 is 0 Å². The number of carboxylic acid groups (broad SMARTS) is 1. The van der Waals surface area contributed by atoms with Crippen molar-refractivity contribution in [1.29, 1.82) is 0 Å². The van der Waals surface area contributed by atoms with Gasteiger partial charge in [-0.15, -0.1) is 0 Å². The van der Waals surface area contributed by atoms with Crippen LogP contribution in [0.5, 0.6) is 5.75 Å². The molecule has 14 heavy (non-hydrogen) atoms. The Morgan fingerprint density at radius 2 is 2.21 bits per heavy atom. The highest BCUT2D eigenvalue weighted by Gasteiger charge is 2.45. The summed E-state index contributed by atoms with van der Waals surface area (Å²) in [6.07, 6.45) is 0.602. The smallest absolute Gasteiger partial charge is 0.307 e. The van der Waals surface area contributed by atoms with Crippen LogP contribution in [0.3, 0.4) is 0 Å². The Labute approximate surface area is 85.9 Å². The summed E-state index contributed by atoms with van der Waals surface area (Å²) in [6, 6.07) is 4.78. The predicted octanol–water partition coefficient (Wildman–Crippen LogP) is 2.23. The molecule has 0 heterocycles. The van der Waals surface area contributed by atoms with E-state index < -0.39 is 5.97 Å². The van der Waals surface area contributed by atoms with Gasteiger partial charge in [0.15, 0.2) is 0 Å². The van der Waals surface area contributed by atoms with Gasteiger partial charge >= 0.3 is 5.97 Å². The van der Waals surface area contributed by atoms with E-state index in [1.54, 1.807) is 12.1 Å². The number of phenols is 1. The number of carbonyl (C=O) groups is 1. The second-order valence-corrected chi connectivity index (χ2v) is 3.93. The Balaban J connectivity index is 2.23. The zero-order valence-electron chi connectivity index (χ0n) is 7.27. The Bertz CT molecular complexity index is 389. The van der Waals surface area contributed by atoms with Gasteiger partial charge in [-0.25, -0.2) is 0 Å². The molecule has 2 atom stereocenters. The largest absolute Gasteiger partial charge is 0.508 e. The molecule has 0 spiro atoms. The molecule has 1 aromatic rings. The lowest BCUT2D eigenvalue weighted by molar-refractivity contribution is -0.138. The monoisotopic (exact) mass is 212 g/mol. The van der Waals surface area contributed by atoms with E-state index >= 15 is 0 Å². The number of rotatable bonds is 2. The molecule has 74 valence electrons. The van der Waals surface area contributed by atoms with Crippen LogP contribution in [0.2, 0.25) is 5.02 Å². The lowest BCUT2D eigenvalue weighted by Gasteiger charge is -2.02. The fourth-order valence-electron chi connectivity index (χ4n) is 1.64. The number of aromatic hydroxyl groups is 1. The second kappa shape index (κ2) is 3.17. The molecule has 0 amide bonds. The average molecular weight is 213 g/mol. The van der Waals surface area contributed by atoms with Crippen molar-refractivity contribution in [2.45, 2.75) is 12.3 Å². The molecular formula is C10H9ClO3. The molecule has 2 rings (SSSR count). The quantitative estimate of drug-likeness (QED) is 0.791. The normalized spacial score (nSPS) is 24.6. The molecule has 0 radical (unpaired) electrons. The minimum Gasteiger partial charge on any atom is -0.508 e. The first kappa shape index (κ1) is 9.34. The van der Waals surface area contributed by atoms with E-state index in [1.807, 2.05) is 0 Å². The molecule has 1 aromatic carbocycles. The van der Waals surface area contributed by atoms with Gasteiger partial charge in [0.2, 0.25) is 0 Å². The first-order valence-electron chi connectivity index (χ1n) is 4.31. The Morgan fingerprint density at radius 3 is 2.71 bits per heavy atom. The fourth-order valence-corrected chi connectivity index (χ4v) is 1.81. The number of hydrogen-bond acceptors (Lipinski definition) is 2. The van der Waals surface area contributed by atoms with Gasteiger partial charge in [-0.1, -0.05) is 17.7 Å². The molecule has 0 aliphatic heterocycles. The first-order chi connectivity index (χ1) is 6.59. The van der Waals surface area contributed by atoms with Crippen LogP contribution in [0, 0.1) is 5.92 Å². The van der Waals surface area contributed by atoms with Crippen LogP contribution in [0.1, 0.15) is 17.9 Å². The SMILES string of the molecule is O=C(O)[C@@H]1C[C@H]1c1ccc(Cl)cc1O. The van der Waals surface area contributed by atoms with Gasteiger partial charge in [-0.2, -0.15) is 0 Å². The lowest BCUT2D eigenvalue weighted by atomic mass is 10.1. The van der Waals surface area contributed by atoms with E-state index in [0.29, 0.717) is 17.0 Å². The van der Waals surface area contributed by atoms with E-state index in [0.717, 1.165) is 0 Å². The van der Waals surface area contributed by atoms with Crippen LogP contribution >= 0.6 is 11.6 Å². The van der Waals surface area contributed by atoms with Crippen molar-refractivity contribution < 1.29 is 15.0 Å². The summed E-state index contributed by atoms with van der Waals surface area (Å²) in [4.78, 5) is 10.6. The van der Waals surface area contributed by atoms with Crippen molar-refractivity contribution in [2.24, 2.45) is 5.92 Å². The Morgan fingerprint density at radius 1 is 1.50 bits per heavy atom. The molecule has 1 saturated carbocycles. The highest BCUT2D eigenvalue weighted by molar-refractivity contribution is 6.30. The molecule has 1 fully saturated rings. The van der Waals surface area contributed by atoms with Crippen molar-refractivity contribution in [3.63, 3.8) is 0 Å². The molecule has 4 heteroatoms. The van der Waals surface area contributed by atoms with E-state index in [1.165, 1.54) is 6.07 Å².